The van der Waals surface area contributed by atoms with Gasteiger partial charge in [-0.2, -0.15) is 5.43 Å². The van der Waals surface area contributed by atoms with Crippen molar-refractivity contribution in [3.63, 3.8) is 0 Å². The average Bonchev–Trinajstić information content (AvgIpc) is 2.37. The molecule has 108 valence electrons. The SMILES string of the molecule is C=CCN[N+](C)(C)C1CCCCC1C.CCC[SiH3]. The van der Waals surface area contributed by atoms with Gasteiger partial charge >= 0.3 is 0 Å². The molecule has 18 heavy (non-hydrogen) atoms. The molecule has 0 bridgehead atoms. The van der Waals surface area contributed by atoms with Crippen molar-refractivity contribution in [2.75, 3.05) is 20.6 Å². The Morgan fingerprint density at radius 3 is 2.33 bits per heavy atom. The molecule has 2 nitrogen and oxygen atoms in total. The minimum absolute atomic E-state index is 0.767. The molecular formula is C15H35N2Si+. The smallest absolute Gasteiger partial charge is 0.109 e. The van der Waals surface area contributed by atoms with E-state index in [1.807, 2.05) is 6.08 Å². The lowest BCUT2D eigenvalue weighted by Gasteiger charge is -2.42. The van der Waals surface area contributed by atoms with Crippen LogP contribution in [0.2, 0.25) is 6.04 Å². The van der Waals surface area contributed by atoms with E-state index in [1.165, 1.54) is 48.4 Å². The van der Waals surface area contributed by atoms with E-state index in [0.29, 0.717) is 0 Å². The summed E-state index contributed by atoms with van der Waals surface area (Å²) in [6.45, 7) is 9.26. The van der Waals surface area contributed by atoms with Gasteiger partial charge < -0.3 is 0 Å². The minimum Gasteiger partial charge on any atom is -0.248 e. The van der Waals surface area contributed by atoms with Crippen LogP contribution in [0.3, 0.4) is 0 Å². The van der Waals surface area contributed by atoms with Crippen LogP contribution in [0, 0.1) is 5.92 Å². The molecule has 0 aliphatic heterocycles. The highest BCUT2D eigenvalue weighted by molar-refractivity contribution is 6.08. The first kappa shape index (κ1) is 17.9. The second-order valence-corrected chi connectivity index (χ2v) is 7.02. The second-order valence-electron chi connectivity index (χ2n) is 6.02. The molecule has 1 saturated carbocycles. The first-order valence-corrected chi connectivity index (χ1v) is 9.10. The quantitative estimate of drug-likeness (QED) is 0.351. The van der Waals surface area contributed by atoms with Crippen LogP contribution in [0.5, 0.6) is 0 Å². The standard InChI is InChI=1S/C12H25N2.C3H10Si/c1-5-10-13-14(3,4)12-9-7-6-8-11(12)2;1-2-3-4/h5,11-13H,1,6-10H2,2-4H3;2-3H2,1,4H3/q+1;. The van der Waals surface area contributed by atoms with Crippen molar-refractivity contribution in [3.8, 4) is 0 Å². The Balaban J connectivity index is 0.000000631. The highest BCUT2D eigenvalue weighted by Crippen LogP contribution is 2.29. The Hall–Kier alpha value is -0.123. The van der Waals surface area contributed by atoms with Crippen LogP contribution in [-0.2, 0) is 0 Å². The predicted octanol–water partition coefficient (Wildman–Crippen LogP) is 2.51. The summed E-state index contributed by atoms with van der Waals surface area (Å²) in [5.41, 5.74) is 3.53. The summed E-state index contributed by atoms with van der Waals surface area (Å²) in [5.74, 6) is 0.844. The number of nitrogens with zero attached hydrogens (tertiary/aromatic N) is 1. The van der Waals surface area contributed by atoms with E-state index in [0.717, 1.165) is 23.1 Å². The van der Waals surface area contributed by atoms with E-state index >= 15 is 0 Å². The molecule has 0 aromatic rings. The van der Waals surface area contributed by atoms with Crippen molar-refractivity contribution >= 4 is 10.2 Å². The largest absolute Gasteiger partial charge is 0.248 e. The molecule has 1 aliphatic carbocycles. The van der Waals surface area contributed by atoms with Crippen molar-refractivity contribution in [2.24, 2.45) is 5.92 Å². The fourth-order valence-electron chi connectivity index (χ4n) is 2.67. The van der Waals surface area contributed by atoms with Gasteiger partial charge in [-0.15, -0.1) is 6.58 Å². The predicted molar refractivity (Wildman–Crippen MR) is 86.8 cm³/mol. The molecule has 0 amide bonds. The molecule has 1 N–H and O–H groups in total. The van der Waals surface area contributed by atoms with Gasteiger partial charge in [-0.1, -0.05) is 38.8 Å². The van der Waals surface area contributed by atoms with Crippen LogP contribution in [0.25, 0.3) is 0 Å². The normalized spacial score (nSPS) is 24.2. The van der Waals surface area contributed by atoms with E-state index < -0.39 is 0 Å². The third-order valence-corrected chi connectivity index (χ3v) is 5.04. The van der Waals surface area contributed by atoms with Crippen molar-refractivity contribution in [1.82, 2.24) is 5.43 Å². The zero-order valence-corrected chi connectivity index (χ0v) is 15.3. The summed E-state index contributed by atoms with van der Waals surface area (Å²) in [7, 11) is 5.94. The third kappa shape index (κ3) is 6.71. The van der Waals surface area contributed by atoms with Crippen molar-refractivity contribution in [2.45, 2.75) is 58.0 Å². The van der Waals surface area contributed by atoms with Gasteiger partial charge in [0, 0.05) is 22.6 Å². The summed E-state index contributed by atoms with van der Waals surface area (Å²) in [6.07, 6.45) is 8.88. The van der Waals surface area contributed by atoms with Crippen LogP contribution in [0.4, 0.5) is 0 Å². The maximum atomic E-state index is 3.76. The fraction of sp³-hybridized carbons (Fsp3) is 0.867. The molecule has 2 unspecified atom stereocenters. The molecule has 1 rings (SSSR count). The molecule has 3 heteroatoms. The van der Waals surface area contributed by atoms with Gasteiger partial charge in [0.05, 0.1) is 20.6 Å². The maximum Gasteiger partial charge on any atom is 0.109 e. The zero-order chi connectivity index (χ0) is 14.0. The lowest BCUT2D eigenvalue weighted by atomic mass is 9.85. The average molecular weight is 272 g/mol. The number of hydrogen-bond donors (Lipinski definition) is 1. The Morgan fingerprint density at radius 2 is 1.89 bits per heavy atom. The van der Waals surface area contributed by atoms with Crippen LogP contribution < -0.4 is 5.43 Å². The lowest BCUT2D eigenvalue weighted by Crippen LogP contribution is -2.61. The van der Waals surface area contributed by atoms with Crippen LogP contribution in [0.15, 0.2) is 12.7 Å². The topological polar surface area (TPSA) is 12.0 Å². The Morgan fingerprint density at radius 1 is 1.33 bits per heavy atom. The van der Waals surface area contributed by atoms with E-state index in [9.17, 15) is 0 Å². The number of quaternary nitrogens is 1. The molecule has 0 saturated heterocycles. The van der Waals surface area contributed by atoms with Gasteiger partial charge in [0.1, 0.15) is 6.04 Å². The second kappa shape index (κ2) is 9.76. The van der Waals surface area contributed by atoms with E-state index in [1.54, 1.807) is 0 Å². The molecule has 0 spiro atoms. The van der Waals surface area contributed by atoms with E-state index in [2.05, 4.69) is 39.9 Å². The first-order chi connectivity index (χ1) is 8.49. The Bertz CT molecular complexity index is 215. The summed E-state index contributed by atoms with van der Waals surface area (Å²) in [5, 5.41) is 0. The lowest BCUT2D eigenvalue weighted by molar-refractivity contribution is -0.961. The maximum absolute atomic E-state index is 3.76. The number of rotatable bonds is 5. The van der Waals surface area contributed by atoms with Crippen molar-refractivity contribution in [1.29, 1.82) is 0 Å². The van der Waals surface area contributed by atoms with Gasteiger partial charge in [0.25, 0.3) is 0 Å². The van der Waals surface area contributed by atoms with Crippen LogP contribution in [-0.4, -0.2) is 41.5 Å². The van der Waals surface area contributed by atoms with Crippen molar-refractivity contribution < 1.29 is 4.59 Å². The summed E-state index contributed by atoms with van der Waals surface area (Å²) in [6, 6.07) is 2.23. The van der Waals surface area contributed by atoms with E-state index in [-0.39, 0.29) is 0 Å². The zero-order valence-electron chi connectivity index (χ0n) is 13.3. The fourth-order valence-corrected chi connectivity index (χ4v) is 2.67. The summed E-state index contributed by atoms with van der Waals surface area (Å²) in [4.78, 5) is 0. The molecule has 1 fully saturated rings. The highest BCUT2D eigenvalue weighted by atomic mass is 28.1. The molecule has 0 aromatic heterocycles. The minimum atomic E-state index is 0.767. The molecule has 1 aliphatic rings. The summed E-state index contributed by atoms with van der Waals surface area (Å²) >= 11 is 0. The Kier molecular flexibility index (Phi) is 9.69. The van der Waals surface area contributed by atoms with Gasteiger partial charge in [-0.25, -0.2) is 4.59 Å². The van der Waals surface area contributed by atoms with Crippen LogP contribution >= 0.6 is 0 Å². The number of hydrogen-bond acceptors (Lipinski definition) is 1. The van der Waals surface area contributed by atoms with Gasteiger partial charge in [0.15, 0.2) is 0 Å². The molecule has 0 heterocycles. The van der Waals surface area contributed by atoms with E-state index in [4.69, 9.17) is 0 Å². The molecular weight excluding hydrogens is 236 g/mol. The molecule has 0 aromatic carbocycles. The monoisotopic (exact) mass is 271 g/mol. The van der Waals surface area contributed by atoms with Crippen LogP contribution in [0.1, 0.15) is 46.0 Å². The van der Waals surface area contributed by atoms with Gasteiger partial charge in [0.2, 0.25) is 0 Å². The third-order valence-electron chi connectivity index (χ3n) is 4.04. The van der Waals surface area contributed by atoms with Gasteiger partial charge in [-0.3, -0.25) is 0 Å². The Labute approximate surface area is 118 Å². The number of nitrogens with one attached hydrogen (secondary N) is 1. The molecule has 0 radical (unpaired) electrons. The molecule has 2 atom stereocenters. The highest BCUT2D eigenvalue weighted by Gasteiger charge is 2.34. The van der Waals surface area contributed by atoms with Gasteiger partial charge in [-0.05, 0) is 12.8 Å². The van der Waals surface area contributed by atoms with Crippen molar-refractivity contribution in [3.05, 3.63) is 12.7 Å². The first-order valence-electron chi connectivity index (χ1n) is 7.69. The summed E-state index contributed by atoms with van der Waals surface area (Å²) < 4.78 is 0.938.